The van der Waals surface area contributed by atoms with Gasteiger partial charge in [-0.15, -0.1) is 0 Å². The molecule has 2 rings (SSSR count). The highest BCUT2D eigenvalue weighted by atomic mass is 19.1. The molecule has 2 aromatic rings. The minimum Gasteiger partial charge on any atom is -0.457 e. The van der Waals surface area contributed by atoms with Gasteiger partial charge in [-0.25, -0.2) is 4.39 Å². The lowest BCUT2D eigenvalue weighted by Gasteiger charge is -2.09. The molecule has 0 bridgehead atoms. The molecule has 2 aromatic carbocycles. The Labute approximate surface area is 113 Å². The van der Waals surface area contributed by atoms with E-state index in [2.05, 4.69) is 5.32 Å². The van der Waals surface area contributed by atoms with Crippen molar-refractivity contribution in [2.24, 2.45) is 0 Å². The van der Waals surface area contributed by atoms with Crippen LogP contribution < -0.4 is 10.1 Å². The molecular weight excluding hydrogens is 241 g/mol. The van der Waals surface area contributed by atoms with Gasteiger partial charge in [-0.05, 0) is 48.9 Å². The molecule has 0 aliphatic heterocycles. The number of hydrogen-bond donors (Lipinski definition) is 1. The molecule has 0 spiro atoms. The largest absolute Gasteiger partial charge is 0.457 e. The summed E-state index contributed by atoms with van der Waals surface area (Å²) >= 11 is 0. The van der Waals surface area contributed by atoms with Crippen LogP contribution >= 0.6 is 0 Å². The number of benzene rings is 2. The lowest BCUT2D eigenvalue weighted by molar-refractivity contribution is 0.475. The number of halogens is 1. The number of ether oxygens (including phenoxy) is 1. The normalized spacial score (nSPS) is 10.5. The molecule has 2 nitrogen and oxygen atoms in total. The smallest absolute Gasteiger partial charge is 0.130 e. The molecule has 0 saturated heterocycles. The van der Waals surface area contributed by atoms with E-state index in [4.69, 9.17) is 4.74 Å². The van der Waals surface area contributed by atoms with Crippen LogP contribution in [0, 0.1) is 12.7 Å². The highest BCUT2D eigenvalue weighted by molar-refractivity contribution is 5.36. The second-order valence-electron chi connectivity index (χ2n) is 4.49. The van der Waals surface area contributed by atoms with Gasteiger partial charge in [0, 0.05) is 12.6 Å². The molecule has 0 atom stereocenters. The van der Waals surface area contributed by atoms with Crippen molar-refractivity contribution >= 4 is 0 Å². The molecule has 100 valence electrons. The van der Waals surface area contributed by atoms with Gasteiger partial charge in [0.1, 0.15) is 17.3 Å². The van der Waals surface area contributed by atoms with E-state index in [1.165, 1.54) is 12.1 Å². The van der Waals surface area contributed by atoms with E-state index in [9.17, 15) is 4.39 Å². The lowest BCUT2D eigenvalue weighted by atomic mass is 10.2. The molecule has 1 N–H and O–H groups in total. The monoisotopic (exact) mass is 259 g/mol. The van der Waals surface area contributed by atoms with E-state index >= 15 is 0 Å². The number of nitrogens with one attached hydrogen (secondary N) is 1. The van der Waals surface area contributed by atoms with Crippen LogP contribution in [0.15, 0.2) is 42.5 Å². The molecule has 0 aliphatic rings. The summed E-state index contributed by atoms with van der Waals surface area (Å²) in [5.41, 5.74) is 1.99. The summed E-state index contributed by atoms with van der Waals surface area (Å²) in [6.07, 6.45) is 0. The zero-order valence-corrected chi connectivity index (χ0v) is 11.2. The fourth-order valence-corrected chi connectivity index (χ4v) is 1.87. The van der Waals surface area contributed by atoms with Gasteiger partial charge >= 0.3 is 0 Å². The summed E-state index contributed by atoms with van der Waals surface area (Å²) in [5, 5.41) is 3.17. The van der Waals surface area contributed by atoms with Crippen LogP contribution in [0.2, 0.25) is 0 Å². The molecule has 0 fully saturated rings. The predicted molar refractivity (Wildman–Crippen MR) is 75.0 cm³/mol. The molecule has 0 radical (unpaired) electrons. The van der Waals surface area contributed by atoms with Gasteiger partial charge in [0.15, 0.2) is 0 Å². The van der Waals surface area contributed by atoms with Gasteiger partial charge in [0.2, 0.25) is 0 Å². The SMILES string of the molecule is CCNCc1cc(F)cc(Oc2cccc(C)c2)c1. The Hall–Kier alpha value is -1.87. The van der Waals surface area contributed by atoms with Crippen LogP contribution in [0.4, 0.5) is 4.39 Å². The van der Waals surface area contributed by atoms with Gasteiger partial charge in [-0.1, -0.05) is 19.1 Å². The summed E-state index contributed by atoms with van der Waals surface area (Å²) in [6, 6.07) is 12.5. The number of aryl methyl sites for hydroxylation is 1. The Balaban J connectivity index is 2.17. The Bertz CT molecular complexity index is 554. The van der Waals surface area contributed by atoms with Crippen LogP contribution in [-0.2, 0) is 6.54 Å². The summed E-state index contributed by atoms with van der Waals surface area (Å²) in [6.45, 7) is 5.50. The van der Waals surface area contributed by atoms with Crippen molar-refractivity contribution in [2.75, 3.05) is 6.54 Å². The molecule has 0 amide bonds. The lowest BCUT2D eigenvalue weighted by Crippen LogP contribution is -2.11. The second-order valence-corrected chi connectivity index (χ2v) is 4.49. The average molecular weight is 259 g/mol. The molecule has 0 saturated carbocycles. The van der Waals surface area contributed by atoms with Crippen molar-refractivity contribution in [3.8, 4) is 11.5 Å². The third-order valence-electron chi connectivity index (χ3n) is 2.74. The predicted octanol–water partition coefficient (Wildman–Crippen LogP) is 4.04. The fraction of sp³-hybridized carbons (Fsp3) is 0.250. The summed E-state index contributed by atoms with van der Waals surface area (Å²) in [7, 11) is 0. The van der Waals surface area contributed by atoms with Crippen molar-refractivity contribution in [3.05, 3.63) is 59.4 Å². The first-order valence-corrected chi connectivity index (χ1v) is 6.42. The third-order valence-corrected chi connectivity index (χ3v) is 2.74. The van der Waals surface area contributed by atoms with Crippen molar-refractivity contribution in [1.82, 2.24) is 5.32 Å². The highest BCUT2D eigenvalue weighted by Crippen LogP contribution is 2.24. The van der Waals surface area contributed by atoms with Gasteiger partial charge in [0.25, 0.3) is 0 Å². The molecule has 0 aliphatic carbocycles. The summed E-state index contributed by atoms with van der Waals surface area (Å²) in [4.78, 5) is 0. The molecule has 0 heterocycles. The molecule has 0 aromatic heterocycles. The van der Waals surface area contributed by atoms with E-state index in [-0.39, 0.29) is 5.82 Å². The topological polar surface area (TPSA) is 21.3 Å². The maximum atomic E-state index is 13.5. The Morgan fingerprint density at radius 3 is 2.68 bits per heavy atom. The van der Waals surface area contributed by atoms with Crippen molar-refractivity contribution < 1.29 is 9.13 Å². The maximum Gasteiger partial charge on any atom is 0.130 e. The van der Waals surface area contributed by atoms with Crippen molar-refractivity contribution in [1.29, 1.82) is 0 Å². The Morgan fingerprint density at radius 1 is 1.11 bits per heavy atom. The van der Waals surface area contributed by atoms with Crippen LogP contribution in [0.3, 0.4) is 0 Å². The zero-order valence-electron chi connectivity index (χ0n) is 11.2. The van der Waals surface area contributed by atoms with E-state index in [1.54, 1.807) is 0 Å². The first-order valence-electron chi connectivity index (χ1n) is 6.42. The van der Waals surface area contributed by atoms with E-state index in [0.717, 1.165) is 23.4 Å². The van der Waals surface area contributed by atoms with Crippen LogP contribution in [0.5, 0.6) is 11.5 Å². The molecule has 19 heavy (non-hydrogen) atoms. The van der Waals surface area contributed by atoms with Crippen LogP contribution in [0.1, 0.15) is 18.1 Å². The molecule has 3 heteroatoms. The van der Waals surface area contributed by atoms with Crippen molar-refractivity contribution in [2.45, 2.75) is 20.4 Å². The third kappa shape index (κ3) is 4.07. The first kappa shape index (κ1) is 13.6. The van der Waals surface area contributed by atoms with Crippen LogP contribution in [-0.4, -0.2) is 6.54 Å². The zero-order chi connectivity index (χ0) is 13.7. The van der Waals surface area contributed by atoms with Gasteiger partial charge in [0.05, 0.1) is 0 Å². The quantitative estimate of drug-likeness (QED) is 0.875. The van der Waals surface area contributed by atoms with Gasteiger partial charge in [-0.3, -0.25) is 0 Å². The van der Waals surface area contributed by atoms with E-state index in [0.29, 0.717) is 12.3 Å². The Morgan fingerprint density at radius 2 is 1.95 bits per heavy atom. The molecule has 0 unspecified atom stereocenters. The van der Waals surface area contributed by atoms with Crippen molar-refractivity contribution in [3.63, 3.8) is 0 Å². The average Bonchev–Trinajstić information content (AvgIpc) is 2.35. The highest BCUT2D eigenvalue weighted by Gasteiger charge is 2.03. The van der Waals surface area contributed by atoms with Gasteiger partial charge < -0.3 is 10.1 Å². The first-order chi connectivity index (χ1) is 9.17. The standard InChI is InChI=1S/C16H18FNO/c1-3-18-11-13-8-14(17)10-16(9-13)19-15-6-4-5-12(2)7-15/h4-10,18H,3,11H2,1-2H3. The minimum absolute atomic E-state index is 0.280. The number of rotatable bonds is 5. The van der Waals surface area contributed by atoms with Gasteiger partial charge in [-0.2, -0.15) is 0 Å². The summed E-state index contributed by atoms with van der Waals surface area (Å²) < 4.78 is 19.2. The van der Waals surface area contributed by atoms with E-state index in [1.807, 2.05) is 44.2 Å². The Kier molecular flexibility index (Phi) is 4.53. The number of hydrogen-bond acceptors (Lipinski definition) is 2. The van der Waals surface area contributed by atoms with E-state index < -0.39 is 0 Å². The maximum absolute atomic E-state index is 13.5. The molecular formula is C16H18FNO. The van der Waals surface area contributed by atoms with Crippen LogP contribution in [0.25, 0.3) is 0 Å². The minimum atomic E-state index is -0.280. The second kappa shape index (κ2) is 6.34. The fourth-order valence-electron chi connectivity index (χ4n) is 1.87. The summed E-state index contributed by atoms with van der Waals surface area (Å²) in [5.74, 6) is 0.969.